The molecule has 0 atom stereocenters. The molecule has 0 aliphatic carbocycles. The van der Waals surface area contributed by atoms with E-state index in [0.29, 0.717) is 22.6 Å². The van der Waals surface area contributed by atoms with Gasteiger partial charge >= 0.3 is 0 Å². The van der Waals surface area contributed by atoms with E-state index in [4.69, 9.17) is 9.72 Å². The molecular weight excluding hydrogens is 1190 g/mol. The first kappa shape index (κ1) is 57.9. The first-order chi connectivity index (χ1) is 38.1. The molecule has 10 aromatic rings. The Kier molecular flexibility index (Phi) is 14.9. The van der Waals surface area contributed by atoms with Crippen LogP contribution in [0.25, 0.3) is 61.0 Å². The molecule has 8 aromatic carbocycles. The van der Waals surface area contributed by atoms with Crippen molar-refractivity contribution in [2.45, 2.75) is 131 Å². The number of pyridine rings is 1. The summed E-state index contributed by atoms with van der Waals surface area (Å²) in [6, 6.07) is 60.6. The Morgan fingerprint density at radius 2 is 0.988 bits per heavy atom. The number of halogens is 2. The van der Waals surface area contributed by atoms with Crippen LogP contribution in [0.1, 0.15) is 132 Å². The van der Waals surface area contributed by atoms with Gasteiger partial charge in [-0.1, -0.05) is 182 Å². The summed E-state index contributed by atoms with van der Waals surface area (Å²) in [5, 5.41) is 2.13. The largest absolute Gasteiger partial charge is 0.509 e. The van der Waals surface area contributed by atoms with Crippen LogP contribution in [-0.4, -0.2) is 9.55 Å². The average Bonchev–Trinajstić information content (AvgIpc) is 2.11. The monoisotopic (exact) mass is 1270 g/mol. The summed E-state index contributed by atoms with van der Waals surface area (Å²) in [6.45, 7) is 35.4. The number of aromatic nitrogens is 2. The molecule has 0 radical (unpaired) electrons. The molecular formula is C74H73F2N4OPt-3. The zero-order valence-corrected chi connectivity index (χ0v) is 52.2. The summed E-state index contributed by atoms with van der Waals surface area (Å²) >= 11 is 0. The van der Waals surface area contributed by atoms with E-state index in [1.807, 2.05) is 30.5 Å². The van der Waals surface area contributed by atoms with E-state index in [2.05, 4.69) is 252 Å². The number of hydrogen-bond acceptors (Lipinski definition) is 4. The van der Waals surface area contributed by atoms with Crippen LogP contribution in [0.3, 0.4) is 0 Å². The summed E-state index contributed by atoms with van der Waals surface area (Å²) < 4.78 is 40.6. The van der Waals surface area contributed by atoms with Gasteiger partial charge in [0, 0.05) is 78.5 Å². The van der Waals surface area contributed by atoms with Crippen LogP contribution < -0.4 is 14.5 Å². The SMILES string of the molecule is CC(C)(C)c1ccc(-c2cc(Oc3[c-]c4c(cc3)c3ccccc3n4-c3cc(C(C)(C)C)ccn3)[c-]c(N3[CH-]N(c4c(-c5cc(F)cc(F)c5)cc(C(C)(C)C)cc4-c4cc(C(C)(C)C)cc(C(C)(C)C)c4)c4ccccc43)c2)cc1.[Pt]. The number of hydrogen-bond donors (Lipinski definition) is 0. The smallest absolute Gasteiger partial charge is 0.135 e. The molecule has 422 valence electrons. The second-order valence-corrected chi connectivity index (χ2v) is 27.1. The number of anilines is 4. The van der Waals surface area contributed by atoms with Crippen LogP contribution in [-0.2, 0) is 48.1 Å². The molecule has 1 aliphatic rings. The molecule has 82 heavy (non-hydrogen) atoms. The number of benzene rings is 8. The van der Waals surface area contributed by atoms with Gasteiger partial charge in [0.1, 0.15) is 17.5 Å². The molecule has 3 heterocycles. The summed E-state index contributed by atoms with van der Waals surface area (Å²) in [5.41, 5.74) is 15.2. The number of para-hydroxylation sites is 3. The van der Waals surface area contributed by atoms with Crippen LogP contribution >= 0.6 is 0 Å². The van der Waals surface area contributed by atoms with E-state index < -0.39 is 11.6 Å². The molecule has 0 amide bonds. The first-order valence-corrected chi connectivity index (χ1v) is 28.2. The number of rotatable bonds is 8. The first-order valence-electron chi connectivity index (χ1n) is 28.2. The van der Waals surface area contributed by atoms with E-state index in [-0.39, 0.29) is 48.1 Å². The fourth-order valence-electron chi connectivity index (χ4n) is 10.9. The van der Waals surface area contributed by atoms with Crippen LogP contribution in [0.15, 0.2) is 164 Å². The topological polar surface area (TPSA) is 33.5 Å². The van der Waals surface area contributed by atoms with E-state index in [0.717, 1.165) is 84.3 Å². The van der Waals surface area contributed by atoms with Crippen LogP contribution in [0.4, 0.5) is 31.5 Å². The number of fused-ring (bicyclic) bond motifs is 4. The third-order valence-electron chi connectivity index (χ3n) is 15.8. The van der Waals surface area contributed by atoms with Crippen LogP contribution in [0.2, 0.25) is 0 Å². The molecule has 0 N–H and O–H groups in total. The fraction of sp³-hybridized carbons (Fsp3) is 0.270. The summed E-state index contributed by atoms with van der Waals surface area (Å²) in [5.74, 6) is 0.542. The van der Waals surface area contributed by atoms with Gasteiger partial charge in [0.15, 0.2) is 0 Å². The van der Waals surface area contributed by atoms with Crippen LogP contribution in [0, 0.1) is 30.4 Å². The molecule has 2 aromatic heterocycles. The fourth-order valence-corrected chi connectivity index (χ4v) is 10.9. The molecule has 11 rings (SSSR count). The predicted molar refractivity (Wildman–Crippen MR) is 334 cm³/mol. The van der Waals surface area contributed by atoms with Crippen molar-refractivity contribution in [3.8, 4) is 50.7 Å². The summed E-state index contributed by atoms with van der Waals surface area (Å²) in [4.78, 5) is 9.26. The van der Waals surface area contributed by atoms with E-state index in [1.54, 1.807) is 0 Å². The zero-order valence-electron chi connectivity index (χ0n) is 49.9. The van der Waals surface area contributed by atoms with Gasteiger partial charge in [-0.25, -0.2) is 13.8 Å². The third-order valence-corrected chi connectivity index (χ3v) is 15.8. The maximum atomic E-state index is 15.7. The Morgan fingerprint density at radius 1 is 0.439 bits per heavy atom. The molecule has 0 saturated heterocycles. The van der Waals surface area contributed by atoms with Crippen molar-refractivity contribution < 1.29 is 34.6 Å². The third kappa shape index (κ3) is 11.3. The predicted octanol–water partition coefficient (Wildman–Crippen LogP) is 20.7. The minimum Gasteiger partial charge on any atom is -0.509 e. The van der Waals surface area contributed by atoms with Crippen molar-refractivity contribution >= 4 is 44.6 Å². The molecule has 1 aliphatic heterocycles. The van der Waals surface area contributed by atoms with Crippen molar-refractivity contribution in [3.63, 3.8) is 0 Å². The normalized spacial score (nSPS) is 13.2. The van der Waals surface area contributed by atoms with Crippen molar-refractivity contribution in [2.75, 3.05) is 9.80 Å². The Morgan fingerprint density at radius 3 is 1.59 bits per heavy atom. The summed E-state index contributed by atoms with van der Waals surface area (Å²) in [6.07, 6.45) is 1.89. The van der Waals surface area contributed by atoms with E-state index in [9.17, 15) is 0 Å². The van der Waals surface area contributed by atoms with Gasteiger partial charge in [0.2, 0.25) is 0 Å². The minimum absolute atomic E-state index is 0. The molecule has 0 bridgehead atoms. The second kappa shape index (κ2) is 21.1. The van der Waals surface area contributed by atoms with Gasteiger partial charge in [0.05, 0.1) is 0 Å². The number of nitrogens with zero attached hydrogens (tertiary/aromatic N) is 4. The van der Waals surface area contributed by atoms with Gasteiger partial charge in [-0.2, -0.15) is 6.07 Å². The van der Waals surface area contributed by atoms with Gasteiger partial charge in [0.25, 0.3) is 0 Å². The summed E-state index contributed by atoms with van der Waals surface area (Å²) in [7, 11) is 0. The molecule has 0 unspecified atom stereocenters. The average molecular weight is 1270 g/mol. The van der Waals surface area contributed by atoms with Crippen molar-refractivity contribution in [3.05, 3.63) is 222 Å². The maximum absolute atomic E-state index is 15.7. The Labute approximate surface area is 499 Å². The standard InChI is InChI=1S/C74H73F2N4O.Pt/c1-70(2,3)50-26-24-46(25-27-50)47-36-57(43-59(37-47)81-58-28-29-61-60-20-16-17-21-64(60)80(67(61)44-58)68-41-51(30-31-77-68)71(4,5)6)78-45-79(66-23-19-18-22-65(66)78)69-62(48-32-52(72(7,8)9)38-53(33-48)73(10,11)12)39-54(74(13,14)15)40-63(69)49-34-55(75)42-56(76)35-49;/h16-42,45H,1-15H3;/q-3;. The van der Waals surface area contributed by atoms with Crippen molar-refractivity contribution in [1.29, 1.82) is 0 Å². The quantitative estimate of drug-likeness (QED) is 0.142. The molecule has 0 fully saturated rings. The van der Waals surface area contributed by atoms with Gasteiger partial charge < -0.3 is 19.1 Å². The minimum atomic E-state index is -0.644. The van der Waals surface area contributed by atoms with Gasteiger partial charge in [-0.05, 0) is 132 Å². The van der Waals surface area contributed by atoms with Crippen molar-refractivity contribution in [2.24, 2.45) is 0 Å². The molecule has 8 heteroatoms. The van der Waals surface area contributed by atoms with E-state index in [1.165, 1.54) is 34.4 Å². The number of ether oxygens (including phenoxy) is 1. The Hall–Kier alpha value is -7.34. The molecule has 5 nitrogen and oxygen atoms in total. The zero-order chi connectivity index (χ0) is 57.7. The van der Waals surface area contributed by atoms with E-state index >= 15 is 8.78 Å². The Bertz CT molecular complexity index is 4010. The Balaban J connectivity index is 0.00000753. The molecule has 0 spiro atoms. The second-order valence-electron chi connectivity index (χ2n) is 27.1. The van der Waals surface area contributed by atoms with Crippen LogP contribution in [0.5, 0.6) is 11.5 Å². The van der Waals surface area contributed by atoms with Crippen molar-refractivity contribution in [1.82, 2.24) is 9.55 Å². The van der Waals surface area contributed by atoms with Gasteiger partial charge in [-0.15, -0.1) is 53.6 Å². The molecule has 0 saturated carbocycles. The van der Waals surface area contributed by atoms with Gasteiger partial charge in [-0.3, -0.25) is 0 Å². The maximum Gasteiger partial charge on any atom is 0.135 e.